The largest absolute Gasteiger partial charge is 0.465 e. The van der Waals surface area contributed by atoms with Crippen LogP contribution in [0.15, 0.2) is 12.1 Å². The highest BCUT2D eigenvalue weighted by molar-refractivity contribution is 5.90. The lowest BCUT2D eigenvalue weighted by molar-refractivity contribution is 0.0599. The molecule has 2 saturated heterocycles. The van der Waals surface area contributed by atoms with E-state index in [2.05, 4.69) is 14.8 Å². The first-order chi connectivity index (χ1) is 11.2. The zero-order valence-corrected chi connectivity index (χ0v) is 14.0. The standard InChI is InChI=1S/C17H25N3O3/c1-13-15(17(21)22-2)3-4-16(18-13)20-8-6-19(7-9-20)11-14-5-10-23-12-14/h3-4,14H,5-12H2,1-2H3. The highest BCUT2D eigenvalue weighted by Crippen LogP contribution is 2.19. The molecule has 3 rings (SSSR count). The van der Waals surface area contributed by atoms with E-state index in [1.54, 1.807) is 0 Å². The molecule has 3 heterocycles. The van der Waals surface area contributed by atoms with Gasteiger partial charge in [-0.3, -0.25) is 4.90 Å². The van der Waals surface area contributed by atoms with Gasteiger partial charge in [0.2, 0.25) is 0 Å². The highest BCUT2D eigenvalue weighted by Gasteiger charge is 2.23. The Morgan fingerprint density at radius 3 is 2.74 bits per heavy atom. The number of hydrogen-bond donors (Lipinski definition) is 0. The summed E-state index contributed by atoms with van der Waals surface area (Å²) in [6, 6.07) is 3.73. The Bertz CT molecular complexity index is 550. The Balaban J connectivity index is 1.56. The van der Waals surface area contributed by atoms with Gasteiger partial charge >= 0.3 is 5.97 Å². The van der Waals surface area contributed by atoms with Crippen molar-refractivity contribution in [2.75, 3.05) is 57.9 Å². The minimum atomic E-state index is -0.329. The fraction of sp³-hybridized carbons (Fsp3) is 0.647. The van der Waals surface area contributed by atoms with Crippen molar-refractivity contribution in [2.24, 2.45) is 5.92 Å². The molecule has 23 heavy (non-hydrogen) atoms. The first kappa shape index (κ1) is 16.2. The van der Waals surface area contributed by atoms with E-state index in [4.69, 9.17) is 9.47 Å². The Morgan fingerprint density at radius 2 is 2.13 bits per heavy atom. The van der Waals surface area contributed by atoms with E-state index in [9.17, 15) is 4.79 Å². The maximum absolute atomic E-state index is 11.6. The first-order valence-corrected chi connectivity index (χ1v) is 8.28. The normalized spacial score (nSPS) is 22.3. The van der Waals surface area contributed by atoms with Crippen molar-refractivity contribution in [3.05, 3.63) is 23.4 Å². The molecule has 0 aliphatic carbocycles. The minimum absolute atomic E-state index is 0.329. The quantitative estimate of drug-likeness (QED) is 0.781. The second-order valence-electron chi connectivity index (χ2n) is 6.31. The van der Waals surface area contributed by atoms with Gasteiger partial charge in [0, 0.05) is 39.3 Å². The van der Waals surface area contributed by atoms with Crippen molar-refractivity contribution in [3.63, 3.8) is 0 Å². The summed E-state index contributed by atoms with van der Waals surface area (Å²) in [5, 5.41) is 0. The predicted molar refractivity (Wildman–Crippen MR) is 87.9 cm³/mol. The van der Waals surface area contributed by atoms with Gasteiger partial charge < -0.3 is 14.4 Å². The number of esters is 1. The molecule has 6 heteroatoms. The number of aromatic nitrogens is 1. The van der Waals surface area contributed by atoms with E-state index in [0.717, 1.165) is 57.4 Å². The third-order valence-electron chi connectivity index (χ3n) is 4.71. The summed E-state index contributed by atoms with van der Waals surface area (Å²) in [6.45, 7) is 8.87. The fourth-order valence-corrected chi connectivity index (χ4v) is 3.30. The summed E-state index contributed by atoms with van der Waals surface area (Å²) in [5.41, 5.74) is 1.26. The molecule has 0 aromatic carbocycles. The van der Waals surface area contributed by atoms with Gasteiger partial charge in [-0.2, -0.15) is 0 Å². The van der Waals surface area contributed by atoms with Gasteiger partial charge in [-0.05, 0) is 31.4 Å². The number of nitrogens with zero attached hydrogens (tertiary/aromatic N) is 3. The summed E-state index contributed by atoms with van der Waals surface area (Å²) in [5.74, 6) is 1.31. The third-order valence-corrected chi connectivity index (χ3v) is 4.71. The van der Waals surface area contributed by atoms with Gasteiger partial charge in [0.1, 0.15) is 5.82 Å². The van der Waals surface area contributed by atoms with Crippen LogP contribution in [-0.2, 0) is 9.47 Å². The zero-order valence-electron chi connectivity index (χ0n) is 14.0. The molecule has 126 valence electrons. The number of aryl methyl sites for hydroxylation is 1. The molecule has 0 N–H and O–H groups in total. The second-order valence-corrected chi connectivity index (χ2v) is 6.31. The summed E-state index contributed by atoms with van der Waals surface area (Å²) >= 11 is 0. The smallest absolute Gasteiger partial charge is 0.339 e. The number of methoxy groups -OCH3 is 1. The molecule has 2 aliphatic rings. The number of piperazine rings is 1. The summed E-state index contributed by atoms with van der Waals surface area (Å²) < 4.78 is 10.2. The Labute approximate surface area is 137 Å². The number of carbonyl (C=O) groups is 1. The molecule has 1 atom stereocenters. The SMILES string of the molecule is COC(=O)c1ccc(N2CCN(CC3CCOC3)CC2)nc1C. The van der Waals surface area contributed by atoms with E-state index >= 15 is 0 Å². The molecular formula is C17H25N3O3. The first-order valence-electron chi connectivity index (χ1n) is 8.28. The van der Waals surface area contributed by atoms with Gasteiger partial charge in [0.25, 0.3) is 0 Å². The lowest BCUT2D eigenvalue weighted by Crippen LogP contribution is -2.48. The molecule has 2 aliphatic heterocycles. The minimum Gasteiger partial charge on any atom is -0.465 e. The van der Waals surface area contributed by atoms with Crippen LogP contribution in [0.2, 0.25) is 0 Å². The van der Waals surface area contributed by atoms with Gasteiger partial charge in [-0.15, -0.1) is 0 Å². The number of hydrogen-bond acceptors (Lipinski definition) is 6. The van der Waals surface area contributed by atoms with Gasteiger partial charge in [-0.25, -0.2) is 9.78 Å². The maximum Gasteiger partial charge on any atom is 0.339 e. The zero-order chi connectivity index (χ0) is 16.2. The highest BCUT2D eigenvalue weighted by atomic mass is 16.5. The van der Waals surface area contributed by atoms with Crippen LogP contribution in [0.1, 0.15) is 22.5 Å². The molecule has 1 unspecified atom stereocenters. The lowest BCUT2D eigenvalue weighted by Gasteiger charge is -2.36. The maximum atomic E-state index is 11.6. The van der Waals surface area contributed by atoms with Crippen LogP contribution in [0.3, 0.4) is 0 Å². The van der Waals surface area contributed by atoms with Gasteiger partial charge in [0.15, 0.2) is 0 Å². The molecule has 2 fully saturated rings. The van der Waals surface area contributed by atoms with Crippen LogP contribution < -0.4 is 4.90 Å². The third kappa shape index (κ3) is 3.82. The molecule has 0 saturated carbocycles. The average molecular weight is 319 g/mol. The summed E-state index contributed by atoms with van der Waals surface area (Å²) in [6.07, 6.45) is 1.19. The molecule has 1 aromatic heterocycles. The van der Waals surface area contributed by atoms with E-state index in [-0.39, 0.29) is 5.97 Å². The number of anilines is 1. The molecule has 0 radical (unpaired) electrons. The van der Waals surface area contributed by atoms with Crippen molar-refractivity contribution in [3.8, 4) is 0 Å². The van der Waals surface area contributed by atoms with Crippen molar-refractivity contribution in [2.45, 2.75) is 13.3 Å². The number of pyridine rings is 1. The second kappa shape index (κ2) is 7.27. The van der Waals surface area contributed by atoms with Crippen molar-refractivity contribution < 1.29 is 14.3 Å². The number of ether oxygens (including phenoxy) is 2. The van der Waals surface area contributed by atoms with Crippen molar-refractivity contribution in [1.82, 2.24) is 9.88 Å². The molecule has 0 amide bonds. The summed E-state index contributed by atoms with van der Waals surface area (Å²) in [4.78, 5) is 21.0. The van der Waals surface area contributed by atoms with Crippen LogP contribution in [0.5, 0.6) is 0 Å². The Morgan fingerprint density at radius 1 is 1.35 bits per heavy atom. The molecule has 1 aromatic rings. The van der Waals surface area contributed by atoms with Crippen LogP contribution in [0.25, 0.3) is 0 Å². The Kier molecular flexibility index (Phi) is 5.13. The fourth-order valence-electron chi connectivity index (χ4n) is 3.30. The van der Waals surface area contributed by atoms with Crippen LogP contribution >= 0.6 is 0 Å². The van der Waals surface area contributed by atoms with E-state index in [1.807, 2.05) is 19.1 Å². The average Bonchev–Trinajstić information content (AvgIpc) is 3.08. The molecule has 0 bridgehead atoms. The molecule has 6 nitrogen and oxygen atoms in total. The lowest BCUT2D eigenvalue weighted by atomic mass is 10.1. The van der Waals surface area contributed by atoms with Crippen molar-refractivity contribution in [1.29, 1.82) is 0 Å². The van der Waals surface area contributed by atoms with Crippen LogP contribution in [0, 0.1) is 12.8 Å². The van der Waals surface area contributed by atoms with Crippen LogP contribution in [0.4, 0.5) is 5.82 Å². The Hall–Kier alpha value is -1.66. The van der Waals surface area contributed by atoms with E-state index in [1.165, 1.54) is 13.5 Å². The molecular weight excluding hydrogens is 294 g/mol. The summed E-state index contributed by atoms with van der Waals surface area (Å²) in [7, 11) is 1.39. The topological polar surface area (TPSA) is 54.9 Å². The monoisotopic (exact) mass is 319 g/mol. The number of rotatable bonds is 4. The molecule has 0 spiro atoms. The van der Waals surface area contributed by atoms with E-state index < -0.39 is 0 Å². The van der Waals surface area contributed by atoms with Gasteiger partial charge in [-0.1, -0.05) is 0 Å². The van der Waals surface area contributed by atoms with Crippen LogP contribution in [-0.4, -0.2) is 68.9 Å². The predicted octanol–water partition coefficient (Wildman–Crippen LogP) is 1.34. The van der Waals surface area contributed by atoms with Gasteiger partial charge in [0.05, 0.1) is 25.0 Å². The number of carbonyl (C=O) groups excluding carboxylic acids is 1. The van der Waals surface area contributed by atoms with Crippen molar-refractivity contribution >= 4 is 11.8 Å². The van der Waals surface area contributed by atoms with E-state index in [0.29, 0.717) is 11.5 Å².